The second-order valence-electron chi connectivity index (χ2n) is 6.96. The van der Waals surface area contributed by atoms with Gasteiger partial charge in [-0.15, -0.1) is 0 Å². The molecule has 1 aromatic carbocycles. The van der Waals surface area contributed by atoms with Gasteiger partial charge in [-0.1, -0.05) is 74.1 Å². The van der Waals surface area contributed by atoms with E-state index in [0.717, 1.165) is 19.3 Å². The minimum atomic E-state index is -0.232. The SMILES string of the molecule is CCCC[C@H](CC)CNC(=O)CSC1=N/C(=C\c2ccc(Cl)cc2Cl)C(=O)N1C. The third-order valence-corrected chi connectivity index (χ3v) is 6.34. The molecule has 0 aliphatic carbocycles. The minimum Gasteiger partial charge on any atom is -0.355 e. The van der Waals surface area contributed by atoms with E-state index in [2.05, 4.69) is 24.2 Å². The summed E-state index contributed by atoms with van der Waals surface area (Å²) >= 11 is 13.3. The number of aliphatic imine (C=N–C) groups is 1. The molecule has 0 spiro atoms. The molecule has 2 amide bonds. The number of amidine groups is 1. The molecule has 0 bridgehead atoms. The number of halogens is 2. The molecule has 1 atom stereocenters. The maximum atomic E-state index is 12.5. The lowest BCUT2D eigenvalue weighted by Gasteiger charge is -2.15. The largest absolute Gasteiger partial charge is 0.355 e. The summed E-state index contributed by atoms with van der Waals surface area (Å²) in [5, 5.41) is 4.47. The Bertz CT molecular complexity index is 811. The average molecular weight is 456 g/mol. The third kappa shape index (κ3) is 7.05. The lowest BCUT2D eigenvalue weighted by molar-refractivity contribution is -0.121. The van der Waals surface area contributed by atoms with Gasteiger partial charge in [0.1, 0.15) is 5.70 Å². The van der Waals surface area contributed by atoms with Gasteiger partial charge in [0.25, 0.3) is 5.91 Å². The number of rotatable bonds is 9. The number of hydrogen-bond donors (Lipinski definition) is 1. The summed E-state index contributed by atoms with van der Waals surface area (Å²) in [6, 6.07) is 5.06. The first-order chi connectivity index (χ1) is 13.8. The standard InChI is InChI=1S/C21H27Cl2N3O2S/c1-4-6-7-14(5-2)12-24-19(27)13-29-21-25-18(20(28)26(21)3)10-15-8-9-16(22)11-17(15)23/h8-11,14H,4-7,12-13H2,1-3H3,(H,24,27)/b18-10-/t14-/m0/s1. The van der Waals surface area contributed by atoms with Gasteiger partial charge in [-0.3, -0.25) is 14.5 Å². The van der Waals surface area contributed by atoms with Crippen LogP contribution in [0.15, 0.2) is 28.9 Å². The predicted molar refractivity (Wildman–Crippen MR) is 123 cm³/mol. The Kier molecular flexibility index (Phi) is 9.53. The van der Waals surface area contributed by atoms with Crippen LogP contribution < -0.4 is 5.32 Å². The molecule has 5 nitrogen and oxygen atoms in total. The Hall–Kier alpha value is -1.50. The van der Waals surface area contributed by atoms with Gasteiger partial charge in [0, 0.05) is 23.6 Å². The van der Waals surface area contributed by atoms with E-state index in [1.807, 2.05) is 0 Å². The van der Waals surface area contributed by atoms with E-state index in [-0.39, 0.29) is 23.3 Å². The molecule has 0 fully saturated rings. The number of thioether (sulfide) groups is 1. The van der Waals surface area contributed by atoms with Crippen LogP contribution in [0.1, 0.15) is 45.1 Å². The average Bonchev–Trinajstić information content (AvgIpc) is 2.96. The molecule has 0 saturated heterocycles. The third-order valence-electron chi connectivity index (χ3n) is 4.75. The molecule has 1 N–H and O–H groups in total. The second-order valence-corrected chi connectivity index (χ2v) is 8.75. The molecular formula is C21H27Cl2N3O2S. The van der Waals surface area contributed by atoms with Gasteiger partial charge >= 0.3 is 0 Å². The van der Waals surface area contributed by atoms with Crippen LogP contribution in [-0.4, -0.2) is 41.2 Å². The van der Waals surface area contributed by atoms with Gasteiger partial charge in [0.15, 0.2) is 5.17 Å². The van der Waals surface area contributed by atoms with Crippen LogP contribution >= 0.6 is 35.0 Å². The first-order valence-electron chi connectivity index (χ1n) is 9.78. The summed E-state index contributed by atoms with van der Waals surface area (Å²) in [6.07, 6.45) is 6.16. The predicted octanol–water partition coefficient (Wildman–Crippen LogP) is 5.23. The van der Waals surface area contributed by atoms with Crippen molar-refractivity contribution in [3.05, 3.63) is 39.5 Å². The Morgan fingerprint density at radius 2 is 2.10 bits per heavy atom. The van der Waals surface area contributed by atoms with Crippen molar-refractivity contribution in [2.24, 2.45) is 10.9 Å². The van der Waals surface area contributed by atoms with Crippen molar-refractivity contribution >= 4 is 58.0 Å². The molecule has 0 radical (unpaired) electrons. The van der Waals surface area contributed by atoms with E-state index in [0.29, 0.717) is 33.2 Å². The fourth-order valence-corrected chi connectivity index (χ4v) is 4.12. The quantitative estimate of drug-likeness (QED) is 0.518. The lowest BCUT2D eigenvalue weighted by atomic mass is 9.99. The molecule has 1 heterocycles. The number of hydrogen-bond acceptors (Lipinski definition) is 4. The Balaban J connectivity index is 1.94. The summed E-state index contributed by atoms with van der Waals surface area (Å²) in [4.78, 5) is 30.5. The Morgan fingerprint density at radius 3 is 2.76 bits per heavy atom. The van der Waals surface area contributed by atoms with Crippen molar-refractivity contribution in [2.75, 3.05) is 19.3 Å². The van der Waals surface area contributed by atoms with Crippen LogP contribution in [0.4, 0.5) is 0 Å². The highest BCUT2D eigenvalue weighted by Gasteiger charge is 2.28. The number of likely N-dealkylation sites (N-methyl/N-ethyl adjacent to an activating group) is 1. The van der Waals surface area contributed by atoms with Crippen LogP contribution in [0, 0.1) is 5.92 Å². The Labute approximate surface area is 186 Å². The topological polar surface area (TPSA) is 61.8 Å². The molecule has 0 saturated carbocycles. The van der Waals surface area contributed by atoms with Crippen LogP contribution in [0.5, 0.6) is 0 Å². The molecular weight excluding hydrogens is 429 g/mol. The van der Waals surface area contributed by atoms with Gasteiger partial charge in [-0.2, -0.15) is 0 Å². The van der Waals surface area contributed by atoms with Gasteiger partial charge in [-0.25, -0.2) is 4.99 Å². The number of nitrogens with one attached hydrogen (secondary N) is 1. The van der Waals surface area contributed by atoms with E-state index in [1.54, 1.807) is 31.3 Å². The first-order valence-corrected chi connectivity index (χ1v) is 11.5. The summed E-state index contributed by atoms with van der Waals surface area (Å²) < 4.78 is 0. The molecule has 1 aliphatic heterocycles. The van der Waals surface area contributed by atoms with Crippen molar-refractivity contribution in [1.29, 1.82) is 0 Å². The number of unbranched alkanes of at least 4 members (excludes halogenated alkanes) is 1. The zero-order valence-electron chi connectivity index (χ0n) is 17.0. The monoisotopic (exact) mass is 455 g/mol. The summed E-state index contributed by atoms with van der Waals surface area (Å²) in [6.45, 7) is 5.01. The second kappa shape index (κ2) is 11.6. The van der Waals surface area contributed by atoms with E-state index in [4.69, 9.17) is 23.2 Å². The normalized spacial score (nSPS) is 16.3. The van der Waals surface area contributed by atoms with E-state index in [1.165, 1.54) is 23.1 Å². The molecule has 158 valence electrons. The highest BCUT2D eigenvalue weighted by molar-refractivity contribution is 8.14. The van der Waals surface area contributed by atoms with Gasteiger partial charge < -0.3 is 5.32 Å². The maximum absolute atomic E-state index is 12.5. The van der Waals surface area contributed by atoms with Crippen LogP contribution in [0.3, 0.4) is 0 Å². The van der Waals surface area contributed by atoms with Gasteiger partial charge in [-0.05, 0) is 36.1 Å². The van der Waals surface area contributed by atoms with E-state index in [9.17, 15) is 9.59 Å². The molecule has 1 aliphatic rings. The lowest BCUT2D eigenvalue weighted by Crippen LogP contribution is -2.32. The number of amides is 2. The highest BCUT2D eigenvalue weighted by Crippen LogP contribution is 2.27. The zero-order chi connectivity index (χ0) is 21.4. The summed E-state index contributed by atoms with van der Waals surface area (Å²) in [5.74, 6) is 0.446. The van der Waals surface area contributed by atoms with Gasteiger partial charge in [0.2, 0.25) is 5.91 Å². The fourth-order valence-electron chi connectivity index (χ4n) is 2.86. The Morgan fingerprint density at radius 1 is 1.34 bits per heavy atom. The van der Waals surface area contributed by atoms with Crippen molar-refractivity contribution in [1.82, 2.24) is 10.2 Å². The minimum absolute atomic E-state index is 0.0494. The van der Waals surface area contributed by atoms with E-state index >= 15 is 0 Å². The molecule has 0 aromatic heterocycles. The number of nitrogens with zero attached hydrogens (tertiary/aromatic N) is 2. The van der Waals surface area contributed by atoms with Crippen LogP contribution in [-0.2, 0) is 9.59 Å². The van der Waals surface area contributed by atoms with Crippen LogP contribution in [0.2, 0.25) is 10.0 Å². The zero-order valence-corrected chi connectivity index (χ0v) is 19.3. The molecule has 8 heteroatoms. The van der Waals surface area contributed by atoms with Crippen molar-refractivity contribution in [3.63, 3.8) is 0 Å². The number of carbonyl (C=O) groups is 2. The smallest absolute Gasteiger partial charge is 0.278 e. The van der Waals surface area contributed by atoms with E-state index < -0.39 is 0 Å². The van der Waals surface area contributed by atoms with Crippen molar-refractivity contribution < 1.29 is 9.59 Å². The number of carbonyl (C=O) groups excluding carboxylic acids is 2. The maximum Gasteiger partial charge on any atom is 0.278 e. The molecule has 2 rings (SSSR count). The van der Waals surface area contributed by atoms with Crippen LogP contribution in [0.25, 0.3) is 6.08 Å². The molecule has 0 unspecified atom stereocenters. The fraction of sp³-hybridized carbons (Fsp3) is 0.476. The number of benzene rings is 1. The highest BCUT2D eigenvalue weighted by atomic mass is 35.5. The molecule has 29 heavy (non-hydrogen) atoms. The first kappa shape index (κ1) is 23.8. The van der Waals surface area contributed by atoms with Gasteiger partial charge in [0.05, 0.1) is 5.75 Å². The summed E-state index contributed by atoms with van der Waals surface area (Å²) in [5.41, 5.74) is 0.948. The van der Waals surface area contributed by atoms with Crippen molar-refractivity contribution in [2.45, 2.75) is 39.5 Å². The molecule has 1 aromatic rings. The summed E-state index contributed by atoms with van der Waals surface area (Å²) in [7, 11) is 1.65. The van der Waals surface area contributed by atoms with Crippen molar-refractivity contribution in [3.8, 4) is 0 Å².